The van der Waals surface area contributed by atoms with Crippen LogP contribution in [0.5, 0.6) is 0 Å². The molecule has 0 saturated carbocycles. The molecular weight excluding hydrogens is 128 g/mol. The molecule has 0 unspecified atom stereocenters. The largest absolute Gasteiger partial charge is 0.391 e. The first-order valence-corrected chi connectivity index (χ1v) is 3.88. The van der Waals surface area contributed by atoms with Gasteiger partial charge in [0.2, 0.25) is 0 Å². The molecule has 0 aromatic carbocycles. The molecular formula is C7H16N2O. The zero-order valence-electron chi connectivity index (χ0n) is 6.43. The van der Waals surface area contributed by atoms with Crippen LogP contribution >= 0.6 is 0 Å². The fourth-order valence-corrected chi connectivity index (χ4v) is 1.40. The van der Waals surface area contributed by atoms with Gasteiger partial charge in [-0.15, -0.1) is 0 Å². The van der Waals surface area contributed by atoms with Crippen molar-refractivity contribution in [2.45, 2.75) is 12.5 Å². The summed E-state index contributed by atoms with van der Waals surface area (Å²) in [5.41, 5.74) is 0. The summed E-state index contributed by atoms with van der Waals surface area (Å²) in [5, 5.41) is 15.6. The standard InChI is InChI=1S/C7H16N2O/c1-8-4-6-2-3-9-5-7(6)10/h6-10H,2-5H2,1H3/t6-,7+/m0/s1. The molecule has 3 nitrogen and oxygen atoms in total. The molecule has 0 aliphatic carbocycles. The van der Waals surface area contributed by atoms with E-state index >= 15 is 0 Å². The third kappa shape index (κ3) is 1.94. The topological polar surface area (TPSA) is 44.3 Å². The van der Waals surface area contributed by atoms with E-state index in [9.17, 15) is 5.11 Å². The van der Waals surface area contributed by atoms with E-state index in [1.165, 1.54) is 0 Å². The van der Waals surface area contributed by atoms with Crippen molar-refractivity contribution in [3.05, 3.63) is 0 Å². The van der Waals surface area contributed by atoms with E-state index in [1.54, 1.807) is 0 Å². The van der Waals surface area contributed by atoms with Gasteiger partial charge in [-0.1, -0.05) is 0 Å². The van der Waals surface area contributed by atoms with Gasteiger partial charge < -0.3 is 15.7 Å². The van der Waals surface area contributed by atoms with E-state index in [4.69, 9.17) is 0 Å². The number of hydrogen-bond donors (Lipinski definition) is 3. The molecule has 0 spiro atoms. The minimum atomic E-state index is -0.152. The van der Waals surface area contributed by atoms with Crippen LogP contribution in [0.25, 0.3) is 0 Å². The van der Waals surface area contributed by atoms with Crippen molar-refractivity contribution in [1.29, 1.82) is 0 Å². The average Bonchev–Trinajstić information content (AvgIpc) is 1.94. The second kappa shape index (κ2) is 3.91. The Kier molecular flexibility index (Phi) is 3.12. The molecule has 0 aromatic heterocycles. The van der Waals surface area contributed by atoms with Crippen LogP contribution in [0.4, 0.5) is 0 Å². The van der Waals surface area contributed by atoms with Crippen molar-refractivity contribution in [2.75, 3.05) is 26.7 Å². The second-order valence-electron chi connectivity index (χ2n) is 2.88. The minimum Gasteiger partial charge on any atom is -0.391 e. The third-order valence-electron chi connectivity index (χ3n) is 2.06. The molecule has 1 heterocycles. The van der Waals surface area contributed by atoms with Gasteiger partial charge in [0.15, 0.2) is 0 Å². The van der Waals surface area contributed by atoms with Crippen LogP contribution < -0.4 is 10.6 Å². The van der Waals surface area contributed by atoms with E-state index < -0.39 is 0 Å². The van der Waals surface area contributed by atoms with Crippen molar-refractivity contribution in [2.24, 2.45) is 5.92 Å². The van der Waals surface area contributed by atoms with Gasteiger partial charge in [0.1, 0.15) is 0 Å². The summed E-state index contributed by atoms with van der Waals surface area (Å²) in [6.45, 7) is 2.73. The summed E-state index contributed by atoms with van der Waals surface area (Å²) in [5.74, 6) is 0.450. The molecule has 2 atom stereocenters. The van der Waals surface area contributed by atoms with Gasteiger partial charge in [0, 0.05) is 13.1 Å². The number of aliphatic hydroxyl groups is 1. The van der Waals surface area contributed by atoms with Crippen molar-refractivity contribution < 1.29 is 5.11 Å². The first-order chi connectivity index (χ1) is 4.84. The molecule has 1 aliphatic rings. The maximum absolute atomic E-state index is 9.40. The Morgan fingerprint density at radius 3 is 3.10 bits per heavy atom. The first-order valence-electron chi connectivity index (χ1n) is 3.88. The lowest BCUT2D eigenvalue weighted by Crippen LogP contribution is -2.43. The summed E-state index contributed by atoms with van der Waals surface area (Å²) >= 11 is 0. The lowest BCUT2D eigenvalue weighted by atomic mass is 9.95. The van der Waals surface area contributed by atoms with Crippen LogP contribution in [0.3, 0.4) is 0 Å². The fraction of sp³-hybridized carbons (Fsp3) is 1.00. The molecule has 0 amide bonds. The summed E-state index contributed by atoms with van der Waals surface area (Å²) < 4.78 is 0. The van der Waals surface area contributed by atoms with Crippen molar-refractivity contribution in [1.82, 2.24) is 10.6 Å². The average molecular weight is 144 g/mol. The number of rotatable bonds is 2. The predicted molar refractivity (Wildman–Crippen MR) is 40.9 cm³/mol. The molecule has 1 rings (SSSR count). The van der Waals surface area contributed by atoms with Gasteiger partial charge >= 0.3 is 0 Å². The lowest BCUT2D eigenvalue weighted by molar-refractivity contribution is 0.0826. The zero-order chi connectivity index (χ0) is 7.40. The van der Waals surface area contributed by atoms with E-state index in [2.05, 4.69) is 10.6 Å². The first kappa shape index (κ1) is 7.98. The maximum atomic E-state index is 9.40. The molecule has 1 saturated heterocycles. The van der Waals surface area contributed by atoms with Crippen LogP contribution in [-0.2, 0) is 0 Å². The molecule has 0 aromatic rings. The molecule has 60 valence electrons. The Hall–Kier alpha value is -0.120. The Morgan fingerprint density at radius 2 is 2.50 bits per heavy atom. The van der Waals surface area contributed by atoms with E-state index in [0.29, 0.717) is 5.92 Å². The fourth-order valence-electron chi connectivity index (χ4n) is 1.40. The molecule has 10 heavy (non-hydrogen) atoms. The molecule has 3 heteroatoms. The molecule has 1 fully saturated rings. The Balaban J connectivity index is 2.25. The Labute approximate surface area is 61.8 Å². The van der Waals surface area contributed by atoms with Crippen LogP contribution in [0.2, 0.25) is 0 Å². The van der Waals surface area contributed by atoms with Crippen LogP contribution in [0, 0.1) is 5.92 Å². The Morgan fingerprint density at radius 1 is 1.70 bits per heavy atom. The van der Waals surface area contributed by atoms with E-state index in [0.717, 1.165) is 26.1 Å². The second-order valence-corrected chi connectivity index (χ2v) is 2.88. The van der Waals surface area contributed by atoms with Crippen molar-refractivity contribution in [3.63, 3.8) is 0 Å². The predicted octanol–water partition coefficient (Wildman–Crippen LogP) is -0.824. The normalized spacial score (nSPS) is 34.2. The van der Waals surface area contributed by atoms with Gasteiger partial charge in [-0.05, 0) is 25.9 Å². The van der Waals surface area contributed by atoms with Gasteiger partial charge in [-0.3, -0.25) is 0 Å². The quantitative estimate of drug-likeness (QED) is 0.474. The number of hydrogen-bond acceptors (Lipinski definition) is 3. The molecule has 0 bridgehead atoms. The van der Waals surface area contributed by atoms with Gasteiger partial charge in [0.25, 0.3) is 0 Å². The maximum Gasteiger partial charge on any atom is 0.0705 e. The van der Waals surface area contributed by atoms with Crippen LogP contribution in [0.15, 0.2) is 0 Å². The number of piperidine rings is 1. The highest BCUT2D eigenvalue weighted by Crippen LogP contribution is 2.10. The SMILES string of the molecule is CNC[C@@H]1CCNC[C@H]1O. The highest BCUT2D eigenvalue weighted by Gasteiger charge is 2.21. The van der Waals surface area contributed by atoms with Gasteiger partial charge in [-0.2, -0.15) is 0 Å². The van der Waals surface area contributed by atoms with Crippen molar-refractivity contribution >= 4 is 0 Å². The highest BCUT2D eigenvalue weighted by molar-refractivity contribution is 4.77. The van der Waals surface area contributed by atoms with E-state index in [1.807, 2.05) is 7.05 Å². The van der Waals surface area contributed by atoms with Gasteiger partial charge in [-0.25, -0.2) is 0 Å². The van der Waals surface area contributed by atoms with Crippen molar-refractivity contribution in [3.8, 4) is 0 Å². The zero-order valence-corrected chi connectivity index (χ0v) is 6.43. The van der Waals surface area contributed by atoms with E-state index in [-0.39, 0.29) is 6.10 Å². The van der Waals surface area contributed by atoms with Crippen LogP contribution in [-0.4, -0.2) is 37.9 Å². The summed E-state index contributed by atoms with van der Waals surface area (Å²) in [7, 11) is 1.93. The number of β-amino-alcohol motifs (C(OH)–C–C–N with tert-alkyl or cyclic N) is 1. The smallest absolute Gasteiger partial charge is 0.0705 e. The third-order valence-corrected chi connectivity index (χ3v) is 2.06. The molecule has 0 radical (unpaired) electrons. The molecule has 1 aliphatic heterocycles. The highest BCUT2D eigenvalue weighted by atomic mass is 16.3. The summed E-state index contributed by atoms with van der Waals surface area (Å²) in [4.78, 5) is 0. The number of nitrogens with one attached hydrogen (secondary N) is 2. The Bertz CT molecular complexity index is 95.6. The van der Waals surface area contributed by atoms with Gasteiger partial charge in [0.05, 0.1) is 6.10 Å². The monoisotopic (exact) mass is 144 g/mol. The summed E-state index contributed by atoms with van der Waals surface area (Å²) in [6, 6.07) is 0. The minimum absolute atomic E-state index is 0.152. The summed E-state index contributed by atoms with van der Waals surface area (Å²) in [6.07, 6.45) is 0.934. The lowest BCUT2D eigenvalue weighted by Gasteiger charge is -2.27. The van der Waals surface area contributed by atoms with Crippen LogP contribution in [0.1, 0.15) is 6.42 Å². The number of aliphatic hydroxyl groups excluding tert-OH is 1. The molecule has 3 N–H and O–H groups in total.